The first-order valence-corrected chi connectivity index (χ1v) is 6.29. The Hall–Kier alpha value is -2.48. The van der Waals surface area contributed by atoms with Crippen molar-refractivity contribution in [1.29, 1.82) is 0 Å². The highest BCUT2D eigenvalue weighted by Crippen LogP contribution is 2.21. The largest absolute Gasteiger partial charge is 0.497 e. The summed E-state index contributed by atoms with van der Waals surface area (Å²) in [6.45, 7) is 0.252. The highest BCUT2D eigenvalue weighted by molar-refractivity contribution is 5.67. The molecule has 1 heterocycles. The van der Waals surface area contributed by atoms with E-state index >= 15 is 0 Å². The van der Waals surface area contributed by atoms with Gasteiger partial charge in [0.1, 0.15) is 5.75 Å². The number of benzene rings is 1. The lowest BCUT2D eigenvalue weighted by atomic mass is 10.2. The minimum Gasteiger partial charge on any atom is -0.497 e. The van der Waals surface area contributed by atoms with Crippen LogP contribution in [-0.2, 0) is 16.1 Å². The Balaban J connectivity index is 2.23. The summed E-state index contributed by atoms with van der Waals surface area (Å²) in [6.07, 6.45) is -0.621. The molecule has 0 aliphatic heterocycles. The lowest BCUT2D eigenvalue weighted by Crippen LogP contribution is -2.23. The number of carbonyl (C=O) groups is 1. The number of hydrogen-bond donors (Lipinski definition) is 1. The minimum atomic E-state index is -0.933. The highest BCUT2D eigenvalue weighted by atomic mass is 16.5. The molecule has 1 aromatic carbocycles. The number of tetrazole rings is 1. The molecule has 2 aromatic rings. The third-order valence-electron chi connectivity index (χ3n) is 2.97. The molecule has 0 spiro atoms. The summed E-state index contributed by atoms with van der Waals surface area (Å²) in [7, 11) is 3.04. The highest BCUT2D eigenvalue weighted by Gasteiger charge is 2.17. The van der Waals surface area contributed by atoms with E-state index in [1.54, 1.807) is 13.2 Å². The van der Waals surface area contributed by atoms with Crippen molar-refractivity contribution in [2.75, 3.05) is 14.2 Å². The molecule has 0 fully saturated rings. The van der Waals surface area contributed by atoms with Gasteiger partial charge in [-0.2, -0.15) is 0 Å². The van der Waals surface area contributed by atoms with E-state index in [9.17, 15) is 4.79 Å². The van der Waals surface area contributed by atoms with Gasteiger partial charge in [-0.1, -0.05) is 12.1 Å². The van der Waals surface area contributed by atoms with Gasteiger partial charge in [0.2, 0.25) is 0 Å². The van der Waals surface area contributed by atoms with E-state index in [-0.39, 0.29) is 13.0 Å². The molecular weight excluding hydrogens is 276 g/mol. The Morgan fingerprint density at radius 1 is 1.43 bits per heavy atom. The third-order valence-corrected chi connectivity index (χ3v) is 2.97. The topological polar surface area (TPSA) is 99.4 Å². The molecule has 1 N–H and O–H groups in total. The molecule has 21 heavy (non-hydrogen) atoms. The third kappa shape index (κ3) is 3.76. The van der Waals surface area contributed by atoms with Crippen LogP contribution < -0.4 is 4.74 Å². The number of nitrogens with zero attached hydrogens (tertiary/aromatic N) is 4. The first-order valence-electron chi connectivity index (χ1n) is 6.29. The molecule has 0 bridgehead atoms. The summed E-state index contributed by atoms with van der Waals surface area (Å²) in [5.41, 5.74) is 0.782. The number of rotatable bonds is 7. The van der Waals surface area contributed by atoms with E-state index in [2.05, 4.69) is 15.5 Å². The Morgan fingerprint density at radius 2 is 2.24 bits per heavy atom. The van der Waals surface area contributed by atoms with Gasteiger partial charge < -0.3 is 14.6 Å². The second kappa shape index (κ2) is 6.80. The van der Waals surface area contributed by atoms with E-state index < -0.39 is 12.1 Å². The Labute approximate surface area is 121 Å². The van der Waals surface area contributed by atoms with Crippen LogP contribution in [0.4, 0.5) is 0 Å². The molecule has 1 atom stereocenters. The molecule has 0 saturated carbocycles. The van der Waals surface area contributed by atoms with E-state index in [0.717, 1.165) is 5.56 Å². The van der Waals surface area contributed by atoms with E-state index in [1.165, 1.54) is 11.8 Å². The number of carboxylic acids is 1. The summed E-state index contributed by atoms with van der Waals surface area (Å²) in [6, 6.07) is 7.31. The van der Waals surface area contributed by atoms with Gasteiger partial charge >= 0.3 is 5.97 Å². The van der Waals surface area contributed by atoms with Crippen LogP contribution in [0, 0.1) is 0 Å². The summed E-state index contributed by atoms with van der Waals surface area (Å²) in [5.74, 6) is 0.287. The number of aliphatic carboxylic acids is 1. The minimum absolute atomic E-state index is 0.117. The predicted molar refractivity (Wildman–Crippen MR) is 72.9 cm³/mol. The zero-order chi connectivity index (χ0) is 15.2. The summed E-state index contributed by atoms with van der Waals surface area (Å²) < 4.78 is 11.8. The zero-order valence-corrected chi connectivity index (χ0v) is 11.8. The predicted octanol–water partition coefficient (Wildman–Crippen LogP) is 0.838. The second-order valence-electron chi connectivity index (χ2n) is 4.37. The Kier molecular flexibility index (Phi) is 4.83. The van der Waals surface area contributed by atoms with Crippen LogP contribution in [-0.4, -0.2) is 51.6 Å². The number of aromatic nitrogens is 4. The van der Waals surface area contributed by atoms with E-state index in [0.29, 0.717) is 11.6 Å². The van der Waals surface area contributed by atoms with E-state index in [1.807, 2.05) is 18.2 Å². The molecule has 112 valence electrons. The van der Waals surface area contributed by atoms with Gasteiger partial charge in [-0.25, -0.2) is 4.68 Å². The van der Waals surface area contributed by atoms with Crippen molar-refractivity contribution >= 4 is 5.97 Å². The Bertz CT molecular complexity index is 614. The van der Waals surface area contributed by atoms with Gasteiger partial charge in [-0.05, 0) is 22.6 Å². The van der Waals surface area contributed by atoms with Crippen molar-refractivity contribution in [2.45, 2.75) is 19.1 Å². The van der Waals surface area contributed by atoms with Gasteiger partial charge in [0, 0.05) is 12.7 Å². The maximum absolute atomic E-state index is 10.8. The smallest absolute Gasteiger partial charge is 0.306 e. The monoisotopic (exact) mass is 292 g/mol. The lowest BCUT2D eigenvalue weighted by molar-refractivity contribution is -0.140. The van der Waals surface area contributed by atoms with Gasteiger partial charge in [0.15, 0.2) is 5.82 Å². The number of ether oxygens (including phenoxy) is 2. The van der Waals surface area contributed by atoms with Crippen molar-refractivity contribution in [2.24, 2.45) is 0 Å². The maximum atomic E-state index is 10.8. The van der Waals surface area contributed by atoms with Gasteiger partial charge in [0.05, 0.1) is 26.2 Å². The van der Waals surface area contributed by atoms with Crippen LogP contribution in [0.3, 0.4) is 0 Å². The normalized spacial score (nSPS) is 12.1. The molecule has 8 nitrogen and oxygen atoms in total. The van der Waals surface area contributed by atoms with Crippen molar-refractivity contribution < 1.29 is 19.4 Å². The van der Waals surface area contributed by atoms with Crippen molar-refractivity contribution in [3.8, 4) is 17.1 Å². The molecule has 0 amide bonds. The fourth-order valence-electron chi connectivity index (χ4n) is 1.91. The van der Waals surface area contributed by atoms with Crippen molar-refractivity contribution in [3.05, 3.63) is 24.3 Å². The molecular formula is C13H16N4O4. The van der Waals surface area contributed by atoms with Gasteiger partial charge in [-0.15, -0.1) is 5.10 Å². The molecule has 1 aromatic heterocycles. The molecule has 0 saturated heterocycles. The Morgan fingerprint density at radius 3 is 2.90 bits per heavy atom. The summed E-state index contributed by atoms with van der Waals surface area (Å²) in [5, 5.41) is 20.3. The SMILES string of the molecule is COc1cccc(-c2nnnn2CC(CC(=O)O)OC)c1. The van der Waals surface area contributed by atoms with Crippen LogP contribution in [0.2, 0.25) is 0 Å². The average Bonchev–Trinajstić information content (AvgIpc) is 2.94. The number of hydrogen-bond acceptors (Lipinski definition) is 6. The molecule has 0 aliphatic rings. The second-order valence-corrected chi connectivity index (χ2v) is 4.37. The fourth-order valence-corrected chi connectivity index (χ4v) is 1.91. The summed E-state index contributed by atoms with van der Waals surface area (Å²) in [4.78, 5) is 10.8. The summed E-state index contributed by atoms with van der Waals surface area (Å²) >= 11 is 0. The van der Waals surface area contributed by atoms with Crippen LogP contribution in [0.1, 0.15) is 6.42 Å². The van der Waals surface area contributed by atoms with Crippen LogP contribution in [0.5, 0.6) is 5.75 Å². The zero-order valence-electron chi connectivity index (χ0n) is 11.8. The molecule has 1 unspecified atom stereocenters. The number of carboxylic acid groups (broad SMARTS) is 1. The molecule has 0 aliphatic carbocycles. The first-order chi connectivity index (χ1) is 10.1. The van der Waals surface area contributed by atoms with Crippen LogP contribution >= 0.6 is 0 Å². The fraction of sp³-hybridized carbons (Fsp3) is 0.385. The molecule has 2 rings (SSSR count). The quantitative estimate of drug-likeness (QED) is 0.807. The van der Waals surface area contributed by atoms with Crippen molar-refractivity contribution in [1.82, 2.24) is 20.2 Å². The van der Waals surface area contributed by atoms with E-state index in [4.69, 9.17) is 14.6 Å². The van der Waals surface area contributed by atoms with Gasteiger partial charge in [0.25, 0.3) is 0 Å². The van der Waals surface area contributed by atoms with Gasteiger partial charge in [-0.3, -0.25) is 4.79 Å². The standard InChI is InChI=1S/C13H16N4O4/c1-20-10-5-3-4-9(6-10)13-14-15-16-17(13)8-11(21-2)7-12(18)19/h3-6,11H,7-8H2,1-2H3,(H,18,19). The average molecular weight is 292 g/mol. The van der Waals surface area contributed by atoms with Crippen LogP contribution in [0.15, 0.2) is 24.3 Å². The number of methoxy groups -OCH3 is 2. The molecule has 0 radical (unpaired) electrons. The first kappa shape index (κ1) is 14.9. The van der Waals surface area contributed by atoms with Crippen molar-refractivity contribution in [3.63, 3.8) is 0 Å². The molecule has 8 heteroatoms. The lowest BCUT2D eigenvalue weighted by Gasteiger charge is -2.13. The maximum Gasteiger partial charge on any atom is 0.306 e. The van der Waals surface area contributed by atoms with Crippen LogP contribution in [0.25, 0.3) is 11.4 Å².